The zero-order valence-electron chi connectivity index (χ0n) is 17.0. The van der Waals surface area contributed by atoms with Gasteiger partial charge >= 0.3 is 6.09 Å². The van der Waals surface area contributed by atoms with Crippen LogP contribution in [0.2, 0.25) is 0 Å². The molecule has 7 heteroatoms. The van der Waals surface area contributed by atoms with Gasteiger partial charge in [-0.3, -0.25) is 10.1 Å². The molecule has 0 saturated heterocycles. The Kier molecular flexibility index (Phi) is 5.89. The quantitative estimate of drug-likeness (QED) is 0.619. The highest BCUT2D eigenvalue weighted by molar-refractivity contribution is 9.10. The molecule has 2 N–H and O–H groups in total. The molecule has 2 amide bonds. The maximum Gasteiger partial charge on any atom is 0.412 e. The minimum absolute atomic E-state index is 0.0658. The molecule has 0 aromatic heterocycles. The van der Waals surface area contributed by atoms with Gasteiger partial charge in [0.25, 0.3) is 0 Å². The largest absolute Gasteiger partial charge is 0.495 e. The standard InChI is InChI=1S/C22H25BrN2O4/c1-21(2,3)29-20(27)25-17-13-16(8-9-18(17)28-4)24-19(26)22(10-11-22)14-6-5-7-15(23)12-14/h5-9,12-13H,10-11H2,1-4H3,(H,24,26)(H,25,27). The van der Waals surface area contributed by atoms with Crippen molar-refractivity contribution in [3.05, 3.63) is 52.5 Å². The van der Waals surface area contributed by atoms with E-state index in [1.165, 1.54) is 7.11 Å². The first-order valence-corrected chi connectivity index (χ1v) is 10.2. The molecule has 0 bridgehead atoms. The number of hydrogen-bond donors (Lipinski definition) is 2. The molecule has 0 aliphatic heterocycles. The van der Waals surface area contributed by atoms with Crippen molar-refractivity contribution in [2.75, 3.05) is 17.7 Å². The molecule has 29 heavy (non-hydrogen) atoms. The summed E-state index contributed by atoms with van der Waals surface area (Å²) in [7, 11) is 1.51. The van der Waals surface area contributed by atoms with E-state index in [1.54, 1.807) is 39.0 Å². The SMILES string of the molecule is COc1ccc(NC(=O)C2(c3cccc(Br)c3)CC2)cc1NC(=O)OC(C)(C)C. The first-order chi connectivity index (χ1) is 13.6. The van der Waals surface area contributed by atoms with Crippen molar-refractivity contribution in [2.24, 2.45) is 0 Å². The summed E-state index contributed by atoms with van der Waals surface area (Å²) in [6.45, 7) is 5.37. The van der Waals surface area contributed by atoms with Crippen molar-refractivity contribution >= 4 is 39.3 Å². The van der Waals surface area contributed by atoms with Gasteiger partial charge in [0.1, 0.15) is 11.4 Å². The molecule has 2 aromatic carbocycles. The number of benzene rings is 2. The Morgan fingerprint density at radius 1 is 1.07 bits per heavy atom. The van der Waals surface area contributed by atoms with E-state index in [4.69, 9.17) is 9.47 Å². The number of methoxy groups -OCH3 is 1. The van der Waals surface area contributed by atoms with Gasteiger partial charge in [0, 0.05) is 10.2 Å². The van der Waals surface area contributed by atoms with Crippen molar-refractivity contribution in [2.45, 2.75) is 44.6 Å². The second-order valence-electron chi connectivity index (χ2n) is 8.09. The second kappa shape index (κ2) is 8.06. The fourth-order valence-electron chi connectivity index (χ4n) is 3.11. The van der Waals surface area contributed by atoms with Gasteiger partial charge in [-0.1, -0.05) is 28.1 Å². The number of rotatable bonds is 5. The summed E-state index contributed by atoms with van der Waals surface area (Å²) in [6.07, 6.45) is 1.01. The smallest absolute Gasteiger partial charge is 0.412 e. The maximum absolute atomic E-state index is 13.0. The molecule has 1 aliphatic carbocycles. The highest BCUT2D eigenvalue weighted by Gasteiger charge is 2.51. The van der Waals surface area contributed by atoms with Crippen LogP contribution in [0.25, 0.3) is 0 Å². The second-order valence-corrected chi connectivity index (χ2v) is 9.00. The summed E-state index contributed by atoms with van der Waals surface area (Å²) in [6, 6.07) is 12.9. The molecule has 0 radical (unpaired) electrons. The van der Waals surface area contributed by atoms with Gasteiger partial charge in [-0.25, -0.2) is 4.79 Å². The van der Waals surface area contributed by atoms with Gasteiger partial charge in [-0.2, -0.15) is 0 Å². The summed E-state index contributed by atoms with van der Waals surface area (Å²) in [4.78, 5) is 25.1. The van der Waals surface area contributed by atoms with Crippen molar-refractivity contribution in [1.29, 1.82) is 0 Å². The average Bonchev–Trinajstić information content (AvgIpc) is 3.42. The van der Waals surface area contributed by atoms with Gasteiger partial charge in [-0.05, 0) is 69.5 Å². The lowest BCUT2D eigenvalue weighted by atomic mass is 9.95. The van der Waals surface area contributed by atoms with E-state index >= 15 is 0 Å². The fraction of sp³-hybridized carbons (Fsp3) is 0.364. The molecule has 3 rings (SSSR count). The van der Waals surface area contributed by atoms with Crippen LogP contribution in [0.15, 0.2) is 46.9 Å². The predicted molar refractivity (Wildman–Crippen MR) is 117 cm³/mol. The van der Waals surface area contributed by atoms with Crippen molar-refractivity contribution < 1.29 is 19.1 Å². The van der Waals surface area contributed by atoms with Gasteiger partial charge in [-0.15, -0.1) is 0 Å². The van der Waals surface area contributed by atoms with Crippen LogP contribution in [0.1, 0.15) is 39.2 Å². The molecule has 0 unspecified atom stereocenters. The van der Waals surface area contributed by atoms with Crippen LogP contribution >= 0.6 is 15.9 Å². The first-order valence-electron chi connectivity index (χ1n) is 9.38. The maximum atomic E-state index is 13.0. The molecule has 0 heterocycles. The lowest BCUT2D eigenvalue weighted by Gasteiger charge is -2.21. The Morgan fingerprint density at radius 2 is 1.79 bits per heavy atom. The van der Waals surface area contributed by atoms with Gasteiger partial charge < -0.3 is 14.8 Å². The molecule has 1 aliphatic rings. The zero-order chi connectivity index (χ0) is 21.2. The third kappa shape index (κ3) is 5.09. The van der Waals surface area contributed by atoms with Gasteiger partial charge in [0.2, 0.25) is 5.91 Å². The summed E-state index contributed by atoms with van der Waals surface area (Å²) < 4.78 is 11.6. The number of halogens is 1. The molecular weight excluding hydrogens is 436 g/mol. The number of ether oxygens (including phenoxy) is 2. The van der Waals surface area contributed by atoms with E-state index in [1.807, 2.05) is 24.3 Å². The monoisotopic (exact) mass is 460 g/mol. The third-order valence-corrected chi connectivity index (χ3v) is 5.15. The fourth-order valence-corrected chi connectivity index (χ4v) is 3.50. The zero-order valence-corrected chi connectivity index (χ0v) is 18.6. The Morgan fingerprint density at radius 3 is 2.38 bits per heavy atom. The topological polar surface area (TPSA) is 76.7 Å². The van der Waals surface area contributed by atoms with Gasteiger partial charge in [0.05, 0.1) is 18.2 Å². The summed E-state index contributed by atoms with van der Waals surface area (Å²) in [5.74, 6) is 0.408. The van der Waals surface area contributed by atoms with Crippen LogP contribution in [-0.2, 0) is 14.9 Å². The van der Waals surface area contributed by atoms with Crippen LogP contribution in [-0.4, -0.2) is 24.7 Å². The Hall–Kier alpha value is -2.54. The number of carbonyl (C=O) groups is 2. The molecule has 154 valence electrons. The van der Waals surface area contributed by atoms with Crippen LogP contribution in [0.3, 0.4) is 0 Å². The van der Waals surface area contributed by atoms with E-state index in [2.05, 4.69) is 26.6 Å². The Balaban J connectivity index is 1.77. The van der Waals surface area contributed by atoms with Crippen molar-refractivity contribution in [3.8, 4) is 5.75 Å². The van der Waals surface area contributed by atoms with Crippen LogP contribution in [0.4, 0.5) is 16.2 Å². The number of hydrogen-bond acceptors (Lipinski definition) is 4. The van der Waals surface area contributed by atoms with E-state index in [0.717, 1.165) is 22.9 Å². The van der Waals surface area contributed by atoms with E-state index in [0.29, 0.717) is 17.1 Å². The molecule has 0 atom stereocenters. The van der Waals surface area contributed by atoms with Crippen molar-refractivity contribution in [3.63, 3.8) is 0 Å². The Bertz CT molecular complexity index is 933. The van der Waals surface area contributed by atoms with E-state index in [9.17, 15) is 9.59 Å². The summed E-state index contributed by atoms with van der Waals surface area (Å²) >= 11 is 3.47. The molecule has 1 fully saturated rings. The predicted octanol–water partition coefficient (Wildman–Crippen LogP) is 5.48. The minimum atomic E-state index is -0.620. The first kappa shape index (κ1) is 21.2. The normalized spacial score (nSPS) is 14.7. The van der Waals surface area contributed by atoms with Gasteiger partial charge in [0.15, 0.2) is 0 Å². The molecular formula is C22H25BrN2O4. The van der Waals surface area contributed by atoms with Crippen LogP contribution in [0.5, 0.6) is 5.75 Å². The summed E-state index contributed by atoms with van der Waals surface area (Å²) in [5, 5.41) is 5.66. The Labute approximate surface area is 179 Å². The van der Waals surface area contributed by atoms with Crippen LogP contribution in [0, 0.1) is 0 Å². The molecule has 6 nitrogen and oxygen atoms in total. The number of amides is 2. The van der Waals surface area contributed by atoms with E-state index in [-0.39, 0.29) is 5.91 Å². The number of anilines is 2. The highest BCUT2D eigenvalue weighted by Crippen LogP contribution is 2.49. The number of nitrogens with one attached hydrogen (secondary N) is 2. The molecule has 0 spiro atoms. The summed E-state index contributed by atoms with van der Waals surface area (Å²) in [5.41, 5.74) is 0.855. The third-order valence-electron chi connectivity index (χ3n) is 4.65. The molecule has 1 saturated carbocycles. The van der Waals surface area contributed by atoms with Crippen molar-refractivity contribution in [1.82, 2.24) is 0 Å². The highest BCUT2D eigenvalue weighted by atomic mass is 79.9. The lowest BCUT2D eigenvalue weighted by Crippen LogP contribution is -2.28. The number of carbonyl (C=O) groups excluding carboxylic acids is 2. The lowest BCUT2D eigenvalue weighted by molar-refractivity contribution is -0.118. The minimum Gasteiger partial charge on any atom is -0.495 e. The van der Waals surface area contributed by atoms with E-state index < -0.39 is 17.1 Å². The molecule has 2 aromatic rings. The van der Waals surface area contributed by atoms with Crippen LogP contribution < -0.4 is 15.4 Å². The average molecular weight is 461 g/mol.